The van der Waals surface area contributed by atoms with Crippen LogP contribution >= 0.6 is 0 Å². The fourth-order valence-electron chi connectivity index (χ4n) is 7.05. The number of ether oxygens (including phenoxy) is 23. The molecule has 0 aromatic heterocycles. The van der Waals surface area contributed by atoms with Gasteiger partial charge in [0.05, 0.1) is 177 Å². The van der Waals surface area contributed by atoms with E-state index in [4.69, 9.17) is 80.5 Å². The van der Waals surface area contributed by atoms with Gasteiger partial charge < -0.3 is 165 Å². The fourth-order valence-corrected chi connectivity index (χ4v) is 7.05. The SMILES string of the molecule is C.C.C=CC(=O)OCC(O)COCC(COCC(O)COC(=O)C=C)OCC(O)COC(=O)C=C.C=CC(=O)OCC(O)COCC(O)COCC(O)COC(=O)C=C.C=CC(=O)OCC(O)COCCOCC(COCCOCC(O)COC(=O)C=C)OCCOCC(O)COC(=O)C=C.C=COC(=O)CC(O)COCCOCC(O)COC(=O)C=C. The molecule has 123 heavy (non-hydrogen) atoms. The lowest BCUT2D eigenvalue weighted by molar-refractivity contribution is -0.147. The van der Waals surface area contributed by atoms with Crippen LogP contribution in [0.5, 0.6) is 0 Å². The van der Waals surface area contributed by atoms with Crippen molar-refractivity contribution in [2.24, 2.45) is 0 Å². The van der Waals surface area contributed by atoms with Crippen LogP contribution in [-0.4, -0.2) is 413 Å². The highest BCUT2D eigenvalue weighted by atomic mass is 16.6. The summed E-state index contributed by atoms with van der Waals surface area (Å²) >= 11 is 0. The lowest BCUT2D eigenvalue weighted by Gasteiger charge is -2.21. The van der Waals surface area contributed by atoms with Crippen molar-refractivity contribution in [3.8, 4) is 0 Å². The van der Waals surface area contributed by atoms with Crippen molar-refractivity contribution in [2.45, 2.75) is 101 Å². The molecule has 0 bridgehead atoms. The predicted octanol–water partition coefficient (Wildman–Crippen LogP) is -3.22. The molecule has 0 aliphatic heterocycles. The lowest BCUT2D eigenvalue weighted by Crippen LogP contribution is -2.34. The van der Waals surface area contributed by atoms with E-state index >= 15 is 0 Å². The maximum Gasteiger partial charge on any atom is 0.330 e. The molecule has 44 heteroatoms. The molecule has 0 fully saturated rings. The first-order valence-corrected chi connectivity index (χ1v) is 36.8. The molecule has 0 amide bonds. The van der Waals surface area contributed by atoms with Gasteiger partial charge in [-0.05, 0) is 0 Å². The van der Waals surface area contributed by atoms with Crippen LogP contribution in [0.2, 0.25) is 0 Å². The van der Waals surface area contributed by atoms with E-state index in [0.717, 1.165) is 60.9 Å². The summed E-state index contributed by atoms with van der Waals surface area (Å²) in [5.41, 5.74) is 0. The van der Waals surface area contributed by atoms with E-state index in [1.54, 1.807) is 0 Å². The minimum Gasteiger partial charge on any atom is -0.460 e. The zero-order valence-corrected chi connectivity index (χ0v) is 67.8. The largest absolute Gasteiger partial charge is 0.460 e. The number of aliphatic hydroxyl groups is 11. The van der Waals surface area contributed by atoms with E-state index in [1.165, 1.54) is 0 Å². The molecule has 10 unspecified atom stereocenters. The smallest absolute Gasteiger partial charge is 0.330 e. The van der Waals surface area contributed by atoms with Gasteiger partial charge in [-0.3, -0.25) is 4.79 Å². The second-order valence-electron chi connectivity index (χ2n) is 23.7. The number of esters is 10. The molecule has 0 saturated carbocycles. The lowest BCUT2D eigenvalue weighted by atomic mass is 10.3. The number of carbonyl (C=O) groups is 10. The summed E-state index contributed by atoms with van der Waals surface area (Å²) < 4.78 is 116. The van der Waals surface area contributed by atoms with Crippen molar-refractivity contribution >= 4 is 59.7 Å². The van der Waals surface area contributed by atoms with Gasteiger partial charge in [0.15, 0.2) is 0 Å². The number of rotatable bonds is 76. The summed E-state index contributed by atoms with van der Waals surface area (Å²) in [7, 11) is 0. The van der Waals surface area contributed by atoms with Gasteiger partial charge in [-0.1, -0.05) is 80.6 Å². The summed E-state index contributed by atoms with van der Waals surface area (Å²) in [6.45, 7) is 30.1. The third-order valence-electron chi connectivity index (χ3n) is 12.7. The van der Waals surface area contributed by atoms with Crippen molar-refractivity contribution in [3.63, 3.8) is 0 Å². The molecule has 0 rings (SSSR count). The molecule has 0 radical (unpaired) electrons. The molecule has 0 heterocycles. The predicted molar refractivity (Wildman–Crippen MR) is 429 cm³/mol. The monoisotopic (exact) mass is 1780 g/mol. The number of carbonyl (C=O) groups excluding carboxylic acids is 10. The van der Waals surface area contributed by atoms with Crippen LogP contribution in [0.3, 0.4) is 0 Å². The molecular formula is C79H130O44. The van der Waals surface area contributed by atoms with Gasteiger partial charge in [0.1, 0.15) is 133 Å². The van der Waals surface area contributed by atoms with E-state index in [1.807, 2.05) is 0 Å². The summed E-state index contributed by atoms with van der Waals surface area (Å²) in [4.78, 5) is 109. The quantitative estimate of drug-likeness (QED) is 0.00938. The maximum absolute atomic E-state index is 11.0. The molecule has 0 aromatic carbocycles. The van der Waals surface area contributed by atoms with Gasteiger partial charge in [-0.25, -0.2) is 43.2 Å². The summed E-state index contributed by atoms with van der Waals surface area (Å²) in [5, 5.41) is 106. The van der Waals surface area contributed by atoms with E-state index in [-0.39, 0.29) is 239 Å². The first kappa shape index (κ1) is 125. The zero-order chi connectivity index (χ0) is 91.7. The molecule has 0 aromatic rings. The molecule has 0 aliphatic carbocycles. The Morgan fingerprint density at radius 3 is 0.585 bits per heavy atom. The van der Waals surface area contributed by atoms with Crippen molar-refractivity contribution in [3.05, 3.63) is 127 Å². The van der Waals surface area contributed by atoms with Crippen molar-refractivity contribution in [1.82, 2.24) is 0 Å². The summed E-state index contributed by atoms with van der Waals surface area (Å²) in [6.07, 6.45) is -2.92. The first-order valence-electron chi connectivity index (χ1n) is 36.8. The normalized spacial score (nSPS) is 13.7. The topological polar surface area (TPSA) is 606 Å². The molecule has 11 N–H and O–H groups in total. The van der Waals surface area contributed by atoms with Gasteiger partial charge in [0.2, 0.25) is 0 Å². The second kappa shape index (κ2) is 88.0. The number of hydrogen-bond acceptors (Lipinski definition) is 44. The average Bonchev–Trinajstić information content (AvgIpc) is 0.980. The molecule has 10 atom stereocenters. The van der Waals surface area contributed by atoms with Crippen LogP contribution in [0.15, 0.2) is 127 Å². The first-order chi connectivity index (χ1) is 57.8. The molecule has 44 nitrogen and oxygen atoms in total. The Bertz CT molecular complexity index is 2750. The Kier molecular flexibility index (Phi) is 89.4. The highest BCUT2D eigenvalue weighted by Crippen LogP contribution is 2.05. The van der Waals surface area contributed by atoms with Crippen molar-refractivity contribution < 1.29 is 213 Å². The van der Waals surface area contributed by atoms with Crippen LogP contribution in [0.25, 0.3) is 0 Å². The highest BCUT2D eigenvalue weighted by molar-refractivity contribution is 5.84. The fraction of sp³-hybridized carbons (Fsp3) is 0.620. The van der Waals surface area contributed by atoms with Crippen molar-refractivity contribution in [1.29, 1.82) is 0 Å². The Labute approximate surface area is 715 Å². The van der Waals surface area contributed by atoms with Gasteiger partial charge in [0, 0.05) is 54.7 Å². The standard InChI is InChI=1S/C27H44O15.C21H32O12.C15H24O9.C14H22O8.2CH4/c1-4-25(31)40-16-21(28)13-34-7-9-37-19-24(39-12-11-36-15-23(30)18-42-27(33)6-3)20-38-10-8-35-14-22(29)17-41-26(32)5-2;1-4-19(25)31-10-15(22)7-28-13-18(30-9-17(24)12-33-21(27)6-3)14-29-8-16(23)11-32-20(26)5-2;1-3-14(19)23-9-12(17)7-21-5-11(16)6-22-8-13(18)10-24-15(20)4-2;1-3-13(17)22-10-12(16)9-20-6-5-19-8-11(15)7-14(18)21-4-2;;/h4-6,21-24,28-30H,1-3,7-20H2;4-6,15-18,22-24H,1-3,7-14H2;3-4,11-13,16-18H,1-2,5-10H2;3-4,11-12,15-16H,1-2,5-10H2;2*1H4. The van der Waals surface area contributed by atoms with Crippen LogP contribution < -0.4 is 0 Å². The van der Waals surface area contributed by atoms with Gasteiger partial charge in [-0.2, -0.15) is 0 Å². The van der Waals surface area contributed by atoms with E-state index in [0.29, 0.717) is 0 Å². The van der Waals surface area contributed by atoms with Gasteiger partial charge >= 0.3 is 59.7 Å². The number of aliphatic hydroxyl groups excluding tert-OH is 11. The Morgan fingerprint density at radius 1 is 0.203 bits per heavy atom. The Hall–Kier alpha value is -8.86. The van der Waals surface area contributed by atoms with Crippen LogP contribution in [0.1, 0.15) is 21.3 Å². The Balaban J connectivity index is -0.000000381. The zero-order valence-electron chi connectivity index (χ0n) is 67.8. The maximum atomic E-state index is 11.0. The van der Waals surface area contributed by atoms with Crippen LogP contribution in [0, 0.1) is 0 Å². The third-order valence-corrected chi connectivity index (χ3v) is 12.7. The van der Waals surface area contributed by atoms with Crippen LogP contribution in [-0.2, 0) is 157 Å². The molecule has 0 aliphatic rings. The molecule has 0 saturated heterocycles. The van der Waals surface area contributed by atoms with Crippen molar-refractivity contribution in [2.75, 3.05) is 218 Å². The van der Waals surface area contributed by atoms with Crippen LogP contribution in [0.4, 0.5) is 0 Å². The number of hydrogen-bond donors (Lipinski definition) is 11. The third kappa shape index (κ3) is 89.2. The molecule has 710 valence electrons. The minimum absolute atomic E-state index is 0. The van der Waals surface area contributed by atoms with E-state index < -0.39 is 139 Å². The molecule has 0 spiro atoms. The van der Waals surface area contributed by atoms with Gasteiger partial charge in [0.25, 0.3) is 0 Å². The Morgan fingerprint density at radius 2 is 0.366 bits per heavy atom. The van der Waals surface area contributed by atoms with E-state index in [2.05, 4.69) is 94.2 Å². The minimum atomic E-state index is -1.13. The van der Waals surface area contributed by atoms with Gasteiger partial charge in [-0.15, -0.1) is 0 Å². The summed E-state index contributed by atoms with van der Waals surface area (Å²) in [6, 6.07) is 0. The summed E-state index contributed by atoms with van der Waals surface area (Å²) in [5.74, 6) is -6.53. The molecular weight excluding hydrogens is 1650 g/mol. The second-order valence-corrected chi connectivity index (χ2v) is 23.7. The average molecular weight is 1780 g/mol. The van der Waals surface area contributed by atoms with E-state index in [9.17, 15) is 104 Å². The highest BCUT2D eigenvalue weighted by Gasteiger charge is 2.21.